The molecule has 2 unspecified atom stereocenters. The van der Waals surface area contributed by atoms with E-state index in [1.54, 1.807) is 0 Å². The average molecular weight is 281 g/mol. The SMILES string of the molecule is O=CC1c2ccccc2C(CCO)N1Cc1ccccc1. The molecular formula is C18H19NO2. The molecule has 0 bridgehead atoms. The lowest BCUT2D eigenvalue weighted by Gasteiger charge is -2.27. The van der Waals surface area contributed by atoms with Gasteiger partial charge in [-0.3, -0.25) is 4.90 Å². The second-order valence-corrected chi connectivity index (χ2v) is 5.40. The zero-order chi connectivity index (χ0) is 14.7. The van der Waals surface area contributed by atoms with Gasteiger partial charge in [0.15, 0.2) is 0 Å². The first kappa shape index (κ1) is 14.0. The van der Waals surface area contributed by atoms with Crippen molar-refractivity contribution >= 4 is 6.29 Å². The molecule has 1 heterocycles. The van der Waals surface area contributed by atoms with Gasteiger partial charge in [-0.15, -0.1) is 0 Å². The molecule has 108 valence electrons. The Labute approximate surface area is 124 Å². The van der Waals surface area contributed by atoms with Gasteiger partial charge in [-0.2, -0.15) is 0 Å². The van der Waals surface area contributed by atoms with Crippen LogP contribution in [0.2, 0.25) is 0 Å². The number of rotatable bonds is 5. The van der Waals surface area contributed by atoms with Gasteiger partial charge in [0.1, 0.15) is 6.29 Å². The third-order valence-corrected chi connectivity index (χ3v) is 4.17. The highest BCUT2D eigenvalue weighted by Crippen LogP contribution is 2.43. The smallest absolute Gasteiger partial charge is 0.141 e. The maximum Gasteiger partial charge on any atom is 0.141 e. The lowest BCUT2D eigenvalue weighted by molar-refractivity contribution is -0.113. The number of hydrogen-bond acceptors (Lipinski definition) is 3. The van der Waals surface area contributed by atoms with Gasteiger partial charge in [-0.25, -0.2) is 0 Å². The van der Waals surface area contributed by atoms with Crippen molar-refractivity contribution in [3.63, 3.8) is 0 Å². The summed E-state index contributed by atoms with van der Waals surface area (Å²) in [6.45, 7) is 0.833. The van der Waals surface area contributed by atoms with Crippen LogP contribution in [0.3, 0.4) is 0 Å². The highest BCUT2D eigenvalue weighted by Gasteiger charge is 2.37. The van der Waals surface area contributed by atoms with E-state index in [-0.39, 0.29) is 18.7 Å². The van der Waals surface area contributed by atoms with E-state index in [0.29, 0.717) is 13.0 Å². The molecule has 3 rings (SSSR count). The van der Waals surface area contributed by atoms with Crippen molar-refractivity contribution in [2.24, 2.45) is 0 Å². The first-order valence-corrected chi connectivity index (χ1v) is 7.30. The van der Waals surface area contributed by atoms with E-state index in [9.17, 15) is 9.90 Å². The predicted octanol–water partition coefficient (Wildman–Crippen LogP) is 2.87. The third-order valence-electron chi connectivity index (χ3n) is 4.17. The fourth-order valence-corrected chi connectivity index (χ4v) is 3.23. The molecule has 0 amide bonds. The van der Waals surface area contributed by atoms with E-state index in [1.165, 1.54) is 11.1 Å². The van der Waals surface area contributed by atoms with Crippen LogP contribution in [0.4, 0.5) is 0 Å². The summed E-state index contributed by atoms with van der Waals surface area (Å²) in [5.41, 5.74) is 3.42. The molecular weight excluding hydrogens is 262 g/mol. The molecule has 2 atom stereocenters. The third kappa shape index (κ3) is 2.62. The van der Waals surface area contributed by atoms with Gasteiger partial charge in [0.05, 0.1) is 6.04 Å². The predicted molar refractivity (Wildman–Crippen MR) is 81.7 cm³/mol. The number of aldehydes is 1. The Bertz CT molecular complexity index is 612. The molecule has 3 heteroatoms. The molecule has 0 aromatic heterocycles. The Hall–Kier alpha value is -1.97. The minimum Gasteiger partial charge on any atom is -0.396 e. The van der Waals surface area contributed by atoms with Crippen LogP contribution in [-0.2, 0) is 11.3 Å². The van der Waals surface area contributed by atoms with E-state index in [4.69, 9.17) is 0 Å². The largest absolute Gasteiger partial charge is 0.396 e. The van der Waals surface area contributed by atoms with E-state index >= 15 is 0 Å². The van der Waals surface area contributed by atoms with E-state index < -0.39 is 0 Å². The highest BCUT2D eigenvalue weighted by molar-refractivity contribution is 5.65. The Morgan fingerprint density at radius 1 is 1.00 bits per heavy atom. The van der Waals surface area contributed by atoms with E-state index in [0.717, 1.165) is 11.8 Å². The molecule has 1 aliphatic rings. The van der Waals surface area contributed by atoms with Crippen molar-refractivity contribution in [1.29, 1.82) is 0 Å². The zero-order valence-electron chi connectivity index (χ0n) is 11.9. The summed E-state index contributed by atoms with van der Waals surface area (Å²) in [6.07, 6.45) is 1.66. The molecule has 21 heavy (non-hydrogen) atoms. The van der Waals surface area contributed by atoms with Crippen LogP contribution in [0.15, 0.2) is 54.6 Å². The summed E-state index contributed by atoms with van der Waals surface area (Å²) in [4.78, 5) is 13.8. The maximum absolute atomic E-state index is 11.6. The van der Waals surface area contributed by atoms with Crippen molar-refractivity contribution < 1.29 is 9.90 Å². The molecule has 1 N–H and O–H groups in total. The van der Waals surface area contributed by atoms with Crippen LogP contribution in [-0.4, -0.2) is 22.9 Å². The van der Waals surface area contributed by atoms with E-state index in [2.05, 4.69) is 23.1 Å². The van der Waals surface area contributed by atoms with Crippen LogP contribution >= 0.6 is 0 Å². The van der Waals surface area contributed by atoms with Crippen molar-refractivity contribution in [3.8, 4) is 0 Å². The van der Waals surface area contributed by atoms with Crippen LogP contribution in [0.25, 0.3) is 0 Å². The van der Waals surface area contributed by atoms with Gasteiger partial charge in [-0.1, -0.05) is 54.6 Å². The standard InChI is InChI=1S/C18H19NO2/c20-11-10-17-15-8-4-5-9-16(15)18(13-21)19(17)12-14-6-2-1-3-7-14/h1-9,13,17-18,20H,10-12H2. The van der Waals surface area contributed by atoms with Gasteiger partial charge in [-0.05, 0) is 23.1 Å². The molecule has 0 saturated heterocycles. The number of nitrogens with zero attached hydrogens (tertiary/aromatic N) is 1. The Balaban J connectivity index is 1.95. The van der Waals surface area contributed by atoms with E-state index in [1.807, 2.05) is 36.4 Å². The maximum atomic E-state index is 11.6. The quantitative estimate of drug-likeness (QED) is 0.857. The topological polar surface area (TPSA) is 40.5 Å². The minimum absolute atomic E-state index is 0.0987. The molecule has 0 radical (unpaired) electrons. The summed E-state index contributed by atoms with van der Waals surface area (Å²) in [5.74, 6) is 0. The van der Waals surface area contributed by atoms with Gasteiger partial charge < -0.3 is 9.90 Å². The molecule has 0 spiro atoms. The number of fused-ring (bicyclic) bond motifs is 1. The molecule has 2 aromatic rings. The number of carbonyl (C=O) groups is 1. The zero-order valence-corrected chi connectivity index (χ0v) is 11.9. The first-order valence-electron chi connectivity index (χ1n) is 7.30. The van der Waals surface area contributed by atoms with Gasteiger partial charge in [0, 0.05) is 19.2 Å². The lowest BCUT2D eigenvalue weighted by Crippen LogP contribution is -2.27. The molecule has 1 aliphatic heterocycles. The monoisotopic (exact) mass is 281 g/mol. The summed E-state index contributed by atoms with van der Waals surface area (Å²) in [6, 6.07) is 18.1. The minimum atomic E-state index is -0.224. The number of aliphatic hydroxyl groups excluding tert-OH is 1. The molecule has 3 nitrogen and oxygen atoms in total. The summed E-state index contributed by atoms with van der Waals surface area (Å²) in [5, 5.41) is 9.38. The second-order valence-electron chi connectivity index (χ2n) is 5.40. The molecule has 2 aromatic carbocycles. The lowest BCUT2D eigenvalue weighted by atomic mass is 10.0. The average Bonchev–Trinajstić information content (AvgIpc) is 2.82. The fraction of sp³-hybridized carbons (Fsp3) is 0.278. The second kappa shape index (κ2) is 6.20. The normalized spacial score (nSPS) is 21.2. The highest BCUT2D eigenvalue weighted by atomic mass is 16.3. The van der Waals surface area contributed by atoms with Crippen molar-refractivity contribution in [1.82, 2.24) is 4.90 Å². The van der Waals surface area contributed by atoms with Crippen molar-refractivity contribution in [2.45, 2.75) is 25.0 Å². The van der Waals surface area contributed by atoms with Crippen molar-refractivity contribution in [3.05, 3.63) is 71.3 Å². The number of carbonyl (C=O) groups excluding carboxylic acids is 1. The van der Waals surface area contributed by atoms with Gasteiger partial charge in [0.2, 0.25) is 0 Å². The summed E-state index contributed by atoms with van der Waals surface area (Å²) < 4.78 is 0. The summed E-state index contributed by atoms with van der Waals surface area (Å²) in [7, 11) is 0. The fourth-order valence-electron chi connectivity index (χ4n) is 3.23. The van der Waals surface area contributed by atoms with Crippen LogP contribution in [0.5, 0.6) is 0 Å². The molecule has 0 aliphatic carbocycles. The molecule has 0 fully saturated rings. The Morgan fingerprint density at radius 2 is 1.67 bits per heavy atom. The van der Waals surface area contributed by atoms with Crippen LogP contribution in [0, 0.1) is 0 Å². The Kier molecular flexibility index (Phi) is 4.13. The number of hydrogen-bond donors (Lipinski definition) is 1. The van der Waals surface area contributed by atoms with Gasteiger partial charge >= 0.3 is 0 Å². The van der Waals surface area contributed by atoms with Crippen LogP contribution in [0.1, 0.15) is 35.2 Å². The first-order chi connectivity index (χ1) is 10.3. The summed E-state index contributed by atoms with van der Waals surface area (Å²) >= 11 is 0. The number of benzene rings is 2. The number of aliphatic hydroxyl groups is 1. The van der Waals surface area contributed by atoms with Crippen LogP contribution < -0.4 is 0 Å². The van der Waals surface area contributed by atoms with Crippen molar-refractivity contribution in [2.75, 3.05) is 6.61 Å². The van der Waals surface area contributed by atoms with Gasteiger partial charge in [0.25, 0.3) is 0 Å². The molecule has 0 saturated carbocycles. The Morgan fingerprint density at radius 3 is 2.33 bits per heavy atom.